The van der Waals surface area contributed by atoms with Crippen LogP contribution in [0.25, 0.3) is 0 Å². The fourth-order valence-electron chi connectivity index (χ4n) is 2.57. The molecule has 136 valence electrons. The van der Waals surface area contributed by atoms with Gasteiger partial charge in [0.2, 0.25) is 0 Å². The lowest BCUT2D eigenvalue weighted by molar-refractivity contribution is 0.0679. The lowest BCUT2D eigenvalue weighted by Crippen LogP contribution is -2.41. The van der Waals surface area contributed by atoms with Crippen molar-refractivity contribution in [1.82, 2.24) is 10.9 Å². The first-order valence-electron chi connectivity index (χ1n) is 8.33. The summed E-state index contributed by atoms with van der Waals surface area (Å²) in [5.41, 5.74) is 5.39. The predicted octanol–water partition coefficient (Wildman–Crippen LogP) is 2.97. The number of nitrogens with one attached hydrogen (secondary N) is 2. The summed E-state index contributed by atoms with van der Waals surface area (Å²) in [4.78, 5) is 24.1. The van der Waals surface area contributed by atoms with Gasteiger partial charge in [0.25, 0.3) is 11.8 Å². The first kappa shape index (κ1) is 18.2. The van der Waals surface area contributed by atoms with Crippen molar-refractivity contribution in [1.29, 1.82) is 0 Å². The molecule has 2 amide bonds. The van der Waals surface area contributed by atoms with Crippen LogP contribution in [0.3, 0.4) is 0 Å². The number of rotatable bonds is 5. The van der Waals surface area contributed by atoms with E-state index in [4.69, 9.17) is 21.1 Å². The zero-order valence-electron chi connectivity index (χ0n) is 14.0. The topological polar surface area (TPSA) is 76.7 Å². The maximum atomic E-state index is 12.1. The molecule has 0 bridgehead atoms. The fraction of sp³-hybridized carbons (Fsp3) is 0.263. The van der Waals surface area contributed by atoms with Crippen molar-refractivity contribution < 1.29 is 19.1 Å². The number of hydrogen-bond donors (Lipinski definition) is 2. The van der Waals surface area contributed by atoms with E-state index in [0.717, 1.165) is 19.4 Å². The van der Waals surface area contributed by atoms with Gasteiger partial charge in [0, 0.05) is 12.2 Å². The zero-order valence-corrected chi connectivity index (χ0v) is 14.8. The Balaban J connectivity index is 1.50. The number of halogens is 1. The third-order valence-electron chi connectivity index (χ3n) is 3.98. The van der Waals surface area contributed by atoms with Crippen molar-refractivity contribution in [2.75, 3.05) is 13.2 Å². The van der Waals surface area contributed by atoms with Gasteiger partial charge in [0.1, 0.15) is 12.4 Å². The van der Waals surface area contributed by atoms with Crippen LogP contribution < -0.4 is 15.6 Å². The summed E-state index contributed by atoms with van der Waals surface area (Å²) < 4.78 is 11.1. The molecule has 1 atom stereocenters. The molecular formula is C19H19ClN2O4. The van der Waals surface area contributed by atoms with Crippen LogP contribution in [-0.2, 0) is 4.74 Å². The molecule has 2 aromatic carbocycles. The Morgan fingerprint density at radius 1 is 1.08 bits per heavy atom. The minimum absolute atomic E-state index is 0.137. The molecule has 1 aliphatic rings. The minimum Gasteiger partial charge on any atom is -0.491 e. The van der Waals surface area contributed by atoms with E-state index in [0.29, 0.717) is 22.9 Å². The highest BCUT2D eigenvalue weighted by Crippen LogP contribution is 2.17. The quantitative estimate of drug-likeness (QED) is 0.789. The van der Waals surface area contributed by atoms with Crippen LogP contribution in [0, 0.1) is 0 Å². The van der Waals surface area contributed by atoms with Crippen LogP contribution in [0.1, 0.15) is 33.6 Å². The molecule has 2 aromatic rings. The number of hydrogen-bond acceptors (Lipinski definition) is 4. The molecule has 2 N–H and O–H groups in total. The fourth-order valence-corrected chi connectivity index (χ4v) is 2.79. The summed E-state index contributed by atoms with van der Waals surface area (Å²) in [6.45, 7) is 1.28. The lowest BCUT2D eigenvalue weighted by Gasteiger charge is -2.12. The van der Waals surface area contributed by atoms with Gasteiger partial charge in [-0.3, -0.25) is 20.4 Å². The molecule has 0 radical (unpaired) electrons. The van der Waals surface area contributed by atoms with E-state index >= 15 is 0 Å². The van der Waals surface area contributed by atoms with Gasteiger partial charge in [-0.05, 0) is 49.2 Å². The summed E-state index contributed by atoms with van der Waals surface area (Å²) >= 11 is 5.95. The molecule has 0 unspecified atom stereocenters. The van der Waals surface area contributed by atoms with E-state index in [1.807, 2.05) is 0 Å². The molecule has 1 fully saturated rings. The number of carbonyl (C=O) groups is 2. The van der Waals surface area contributed by atoms with Gasteiger partial charge in [-0.25, -0.2) is 0 Å². The van der Waals surface area contributed by atoms with Crippen molar-refractivity contribution in [3.8, 4) is 5.75 Å². The Bertz CT molecular complexity index is 773. The van der Waals surface area contributed by atoms with Crippen molar-refractivity contribution in [2.24, 2.45) is 0 Å². The molecule has 6 nitrogen and oxygen atoms in total. The van der Waals surface area contributed by atoms with Crippen molar-refractivity contribution in [2.45, 2.75) is 18.9 Å². The lowest BCUT2D eigenvalue weighted by atomic mass is 10.2. The van der Waals surface area contributed by atoms with Gasteiger partial charge in [-0.1, -0.05) is 23.7 Å². The normalized spacial score (nSPS) is 16.1. The van der Waals surface area contributed by atoms with Crippen LogP contribution >= 0.6 is 11.6 Å². The Morgan fingerprint density at radius 2 is 1.81 bits per heavy atom. The summed E-state index contributed by atoms with van der Waals surface area (Å²) in [6.07, 6.45) is 2.21. The van der Waals surface area contributed by atoms with E-state index in [1.54, 1.807) is 48.5 Å². The Morgan fingerprint density at radius 3 is 2.50 bits per heavy atom. The van der Waals surface area contributed by atoms with E-state index in [9.17, 15) is 9.59 Å². The van der Waals surface area contributed by atoms with E-state index < -0.39 is 11.8 Å². The minimum atomic E-state index is -0.486. The second kappa shape index (κ2) is 8.69. The second-order valence-electron chi connectivity index (χ2n) is 5.86. The predicted molar refractivity (Wildman–Crippen MR) is 97.3 cm³/mol. The zero-order chi connectivity index (χ0) is 18.4. The largest absolute Gasteiger partial charge is 0.491 e. The van der Waals surface area contributed by atoms with Gasteiger partial charge < -0.3 is 9.47 Å². The molecular weight excluding hydrogens is 356 g/mol. The number of carbonyl (C=O) groups excluding carboxylic acids is 2. The van der Waals surface area contributed by atoms with Gasteiger partial charge in [0.15, 0.2) is 0 Å². The monoisotopic (exact) mass is 374 g/mol. The van der Waals surface area contributed by atoms with E-state index in [-0.39, 0.29) is 11.7 Å². The van der Waals surface area contributed by atoms with E-state index in [1.165, 1.54) is 0 Å². The van der Waals surface area contributed by atoms with Gasteiger partial charge in [0.05, 0.1) is 16.7 Å². The standard InChI is InChI=1S/C19H19ClN2O4/c20-17-6-2-1-5-16(17)19(24)22-21-18(23)13-7-9-14(10-8-13)26-12-15-4-3-11-25-15/h1-2,5-10,15H,3-4,11-12H2,(H,21,23)(H,22,24)/t15-/m1/s1. The van der Waals surface area contributed by atoms with Crippen molar-refractivity contribution >= 4 is 23.4 Å². The molecule has 0 saturated carbocycles. The maximum Gasteiger partial charge on any atom is 0.271 e. The highest BCUT2D eigenvalue weighted by Gasteiger charge is 2.16. The molecule has 1 heterocycles. The molecule has 7 heteroatoms. The highest BCUT2D eigenvalue weighted by molar-refractivity contribution is 6.33. The maximum absolute atomic E-state index is 12.1. The summed E-state index contributed by atoms with van der Waals surface area (Å²) in [7, 11) is 0. The Hall–Kier alpha value is -2.57. The molecule has 3 rings (SSSR count). The first-order valence-corrected chi connectivity index (χ1v) is 8.71. The first-order chi connectivity index (χ1) is 12.6. The smallest absolute Gasteiger partial charge is 0.271 e. The summed E-state index contributed by atoms with van der Waals surface area (Å²) in [5.74, 6) is -0.256. The Kier molecular flexibility index (Phi) is 6.09. The number of amides is 2. The summed E-state index contributed by atoms with van der Waals surface area (Å²) in [5, 5.41) is 0.312. The Labute approximate surface area is 156 Å². The van der Waals surface area contributed by atoms with E-state index in [2.05, 4.69) is 10.9 Å². The SMILES string of the molecule is O=C(NNC(=O)c1ccccc1Cl)c1ccc(OC[C@H]2CCCO2)cc1. The van der Waals surface area contributed by atoms with Crippen LogP contribution in [0.15, 0.2) is 48.5 Å². The van der Waals surface area contributed by atoms with Crippen LogP contribution in [-0.4, -0.2) is 31.1 Å². The van der Waals surface area contributed by atoms with Crippen molar-refractivity contribution in [3.63, 3.8) is 0 Å². The molecule has 0 spiro atoms. The van der Waals surface area contributed by atoms with Gasteiger partial charge >= 0.3 is 0 Å². The summed E-state index contributed by atoms with van der Waals surface area (Å²) in [6, 6.07) is 13.3. The molecule has 0 aromatic heterocycles. The second-order valence-corrected chi connectivity index (χ2v) is 6.27. The van der Waals surface area contributed by atoms with Crippen LogP contribution in [0.2, 0.25) is 5.02 Å². The molecule has 1 aliphatic heterocycles. The third-order valence-corrected chi connectivity index (χ3v) is 4.31. The number of hydrazine groups is 1. The molecule has 26 heavy (non-hydrogen) atoms. The third kappa shape index (κ3) is 4.74. The van der Waals surface area contributed by atoms with Crippen LogP contribution in [0.5, 0.6) is 5.75 Å². The van der Waals surface area contributed by atoms with Crippen molar-refractivity contribution in [3.05, 3.63) is 64.7 Å². The highest BCUT2D eigenvalue weighted by atomic mass is 35.5. The molecule has 1 saturated heterocycles. The average Bonchev–Trinajstić information content (AvgIpc) is 3.18. The average molecular weight is 375 g/mol. The van der Waals surface area contributed by atoms with Crippen LogP contribution in [0.4, 0.5) is 0 Å². The van der Waals surface area contributed by atoms with Gasteiger partial charge in [-0.15, -0.1) is 0 Å². The number of benzene rings is 2. The number of ether oxygens (including phenoxy) is 2. The molecule has 0 aliphatic carbocycles. The van der Waals surface area contributed by atoms with Gasteiger partial charge in [-0.2, -0.15) is 0 Å².